The van der Waals surface area contributed by atoms with Crippen LogP contribution in [0, 0.1) is 12.7 Å². The van der Waals surface area contributed by atoms with Crippen LogP contribution in [-0.2, 0) is 0 Å². The zero-order valence-electron chi connectivity index (χ0n) is 8.70. The summed E-state index contributed by atoms with van der Waals surface area (Å²) in [4.78, 5) is 10.6. The smallest absolute Gasteiger partial charge is 0.374 e. The molecule has 0 bridgehead atoms. The minimum absolute atomic E-state index is 0.252. The van der Waals surface area contributed by atoms with Crippen LogP contribution in [0.3, 0.4) is 0 Å². The van der Waals surface area contributed by atoms with Crippen molar-refractivity contribution in [2.24, 2.45) is 0 Å². The number of aryl methyl sites for hydroxylation is 1. The van der Waals surface area contributed by atoms with Crippen LogP contribution in [0.2, 0.25) is 0 Å². The summed E-state index contributed by atoms with van der Waals surface area (Å²) in [5.74, 6) is -1.80. The van der Waals surface area contributed by atoms with Crippen LogP contribution in [0.1, 0.15) is 16.1 Å². The highest BCUT2D eigenvalue weighted by Crippen LogP contribution is 2.27. The van der Waals surface area contributed by atoms with E-state index in [9.17, 15) is 9.18 Å². The summed E-state index contributed by atoms with van der Waals surface area (Å²) in [6.45, 7) is 1.61. The first-order valence-corrected chi connectivity index (χ1v) is 5.44. The van der Waals surface area contributed by atoms with Gasteiger partial charge in [-0.1, -0.05) is 5.16 Å². The van der Waals surface area contributed by atoms with Gasteiger partial charge in [0, 0.05) is 11.6 Å². The number of halogens is 2. The average Bonchev–Trinajstić information content (AvgIpc) is 2.74. The Labute approximate surface area is 104 Å². The van der Waals surface area contributed by atoms with E-state index < -0.39 is 5.97 Å². The third-order valence-corrected chi connectivity index (χ3v) is 2.80. The first-order valence-electron chi connectivity index (χ1n) is 4.65. The summed E-state index contributed by atoms with van der Waals surface area (Å²) in [6, 6.07) is 4.39. The van der Waals surface area contributed by atoms with Crippen molar-refractivity contribution in [2.75, 3.05) is 0 Å². The maximum absolute atomic E-state index is 13.4. The molecule has 0 saturated heterocycles. The Hall–Kier alpha value is -1.69. The molecule has 1 aromatic carbocycles. The lowest BCUT2D eigenvalue weighted by molar-refractivity contribution is 0.0652. The Balaban J connectivity index is 2.49. The van der Waals surface area contributed by atoms with Gasteiger partial charge in [-0.05, 0) is 40.5 Å². The van der Waals surface area contributed by atoms with Gasteiger partial charge in [-0.2, -0.15) is 0 Å². The SMILES string of the molecule is Cc1cc(-c2cc(C(=O)O)on2)cc(Br)c1F. The molecule has 0 spiro atoms. The second-order valence-electron chi connectivity index (χ2n) is 3.47. The predicted octanol–water partition coefficient (Wildman–Crippen LogP) is 3.25. The molecular formula is C11H7BrFNO3. The van der Waals surface area contributed by atoms with Crippen molar-refractivity contribution in [3.05, 3.63) is 39.8 Å². The largest absolute Gasteiger partial charge is 0.475 e. The van der Waals surface area contributed by atoms with E-state index in [0.29, 0.717) is 21.3 Å². The molecule has 0 saturated carbocycles. The Morgan fingerprint density at radius 1 is 1.47 bits per heavy atom. The fourth-order valence-electron chi connectivity index (χ4n) is 1.39. The number of aromatic nitrogens is 1. The van der Waals surface area contributed by atoms with E-state index in [-0.39, 0.29) is 11.6 Å². The lowest BCUT2D eigenvalue weighted by Crippen LogP contribution is -1.91. The summed E-state index contributed by atoms with van der Waals surface area (Å²) >= 11 is 3.08. The second-order valence-corrected chi connectivity index (χ2v) is 4.32. The van der Waals surface area contributed by atoms with E-state index >= 15 is 0 Å². The van der Waals surface area contributed by atoms with Gasteiger partial charge in [-0.25, -0.2) is 9.18 Å². The van der Waals surface area contributed by atoms with Crippen molar-refractivity contribution >= 4 is 21.9 Å². The molecule has 17 heavy (non-hydrogen) atoms. The van der Waals surface area contributed by atoms with Crippen LogP contribution >= 0.6 is 15.9 Å². The van der Waals surface area contributed by atoms with Gasteiger partial charge in [-0.3, -0.25) is 0 Å². The summed E-state index contributed by atoms with van der Waals surface area (Å²) in [6.07, 6.45) is 0. The number of carboxylic acids is 1. The minimum Gasteiger partial charge on any atom is -0.475 e. The summed E-state index contributed by atoms with van der Waals surface area (Å²) in [7, 11) is 0. The van der Waals surface area contributed by atoms with E-state index in [1.54, 1.807) is 13.0 Å². The number of benzene rings is 1. The zero-order valence-corrected chi connectivity index (χ0v) is 10.3. The van der Waals surface area contributed by atoms with E-state index in [1.165, 1.54) is 12.1 Å². The number of aromatic carboxylic acids is 1. The Morgan fingerprint density at radius 3 is 2.71 bits per heavy atom. The van der Waals surface area contributed by atoms with Crippen molar-refractivity contribution in [1.82, 2.24) is 5.16 Å². The van der Waals surface area contributed by atoms with Crippen LogP contribution in [0.25, 0.3) is 11.3 Å². The van der Waals surface area contributed by atoms with Crippen molar-refractivity contribution in [3.8, 4) is 11.3 Å². The summed E-state index contributed by atoms with van der Waals surface area (Å²) in [5, 5.41) is 12.3. The van der Waals surface area contributed by atoms with Crippen LogP contribution in [0.4, 0.5) is 4.39 Å². The van der Waals surface area contributed by atoms with Gasteiger partial charge in [0.1, 0.15) is 11.5 Å². The van der Waals surface area contributed by atoms with Gasteiger partial charge in [0.25, 0.3) is 0 Å². The monoisotopic (exact) mass is 299 g/mol. The number of hydrogen-bond acceptors (Lipinski definition) is 3. The maximum Gasteiger partial charge on any atom is 0.374 e. The molecule has 88 valence electrons. The van der Waals surface area contributed by atoms with E-state index in [2.05, 4.69) is 25.6 Å². The fourth-order valence-corrected chi connectivity index (χ4v) is 1.95. The van der Waals surface area contributed by atoms with E-state index in [0.717, 1.165) is 0 Å². The fraction of sp³-hybridized carbons (Fsp3) is 0.0909. The molecular weight excluding hydrogens is 293 g/mol. The first-order chi connectivity index (χ1) is 7.99. The van der Waals surface area contributed by atoms with Crippen LogP contribution in [-0.4, -0.2) is 16.2 Å². The first kappa shape index (κ1) is 11.8. The third-order valence-electron chi connectivity index (χ3n) is 2.23. The maximum atomic E-state index is 13.4. The van der Waals surface area contributed by atoms with Gasteiger partial charge < -0.3 is 9.63 Å². The number of nitrogens with zero attached hydrogens (tertiary/aromatic N) is 1. The second kappa shape index (κ2) is 4.29. The quantitative estimate of drug-likeness (QED) is 0.924. The normalized spacial score (nSPS) is 10.5. The van der Waals surface area contributed by atoms with Crippen molar-refractivity contribution in [3.63, 3.8) is 0 Å². The number of carboxylic acid groups (broad SMARTS) is 1. The van der Waals surface area contributed by atoms with Crippen LogP contribution in [0.5, 0.6) is 0 Å². The molecule has 0 amide bonds. The topological polar surface area (TPSA) is 63.3 Å². The molecule has 0 atom stereocenters. The molecule has 0 aliphatic carbocycles. The summed E-state index contributed by atoms with van der Waals surface area (Å²) < 4.78 is 18.3. The molecule has 1 heterocycles. The highest BCUT2D eigenvalue weighted by atomic mass is 79.9. The Kier molecular flexibility index (Phi) is 2.97. The van der Waals surface area contributed by atoms with Gasteiger partial charge >= 0.3 is 5.97 Å². The Bertz CT molecular complexity index is 571. The molecule has 1 N–H and O–H groups in total. The highest BCUT2D eigenvalue weighted by molar-refractivity contribution is 9.10. The molecule has 4 nitrogen and oxygen atoms in total. The molecule has 0 unspecified atom stereocenters. The lowest BCUT2D eigenvalue weighted by Gasteiger charge is -2.02. The van der Waals surface area contributed by atoms with Gasteiger partial charge in [0.05, 0.1) is 4.47 Å². The number of carbonyl (C=O) groups is 1. The standard InChI is InChI=1S/C11H7BrFNO3/c1-5-2-6(3-7(12)10(5)13)8-4-9(11(15)16)17-14-8/h2-4H,1H3,(H,15,16). The van der Waals surface area contributed by atoms with Gasteiger partial charge in [0.2, 0.25) is 5.76 Å². The third kappa shape index (κ3) is 2.21. The van der Waals surface area contributed by atoms with Crippen LogP contribution in [0.15, 0.2) is 27.2 Å². The Morgan fingerprint density at radius 2 is 2.18 bits per heavy atom. The van der Waals surface area contributed by atoms with Gasteiger partial charge in [0.15, 0.2) is 0 Å². The van der Waals surface area contributed by atoms with Crippen molar-refractivity contribution < 1.29 is 18.8 Å². The highest BCUT2D eigenvalue weighted by Gasteiger charge is 2.14. The molecule has 0 fully saturated rings. The number of hydrogen-bond donors (Lipinski definition) is 1. The zero-order chi connectivity index (χ0) is 12.6. The molecule has 0 aliphatic rings. The molecule has 1 aromatic heterocycles. The van der Waals surface area contributed by atoms with E-state index in [1.807, 2.05) is 0 Å². The summed E-state index contributed by atoms with van der Waals surface area (Å²) in [5.41, 5.74) is 1.38. The molecule has 0 radical (unpaired) electrons. The minimum atomic E-state index is -1.19. The van der Waals surface area contributed by atoms with Gasteiger partial charge in [-0.15, -0.1) is 0 Å². The average molecular weight is 300 g/mol. The molecule has 2 rings (SSSR count). The van der Waals surface area contributed by atoms with Crippen molar-refractivity contribution in [1.29, 1.82) is 0 Å². The van der Waals surface area contributed by atoms with Crippen molar-refractivity contribution in [2.45, 2.75) is 6.92 Å². The predicted molar refractivity (Wildman–Crippen MR) is 61.3 cm³/mol. The van der Waals surface area contributed by atoms with E-state index in [4.69, 9.17) is 5.11 Å². The molecule has 6 heteroatoms. The lowest BCUT2D eigenvalue weighted by atomic mass is 10.1. The molecule has 0 aliphatic heterocycles. The van der Waals surface area contributed by atoms with Crippen LogP contribution < -0.4 is 0 Å². The number of rotatable bonds is 2. The molecule has 2 aromatic rings.